The lowest BCUT2D eigenvalue weighted by atomic mass is 10.1. The maximum atomic E-state index is 10.9. The summed E-state index contributed by atoms with van der Waals surface area (Å²) in [5.41, 5.74) is 4.61. The number of ether oxygens (including phenoxy) is 2. The van der Waals surface area contributed by atoms with Crippen LogP contribution in [0.4, 0.5) is 0 Å². The van der Waals surface area contributed by atoms with Crippen LogP contribution in [0.2, 0.25) is 0 Å². The van der Waals surface area contributed by atoms with Crippen molar-refractivity contribution in [1.82, 2.24) is 24.9 Å². The van der Waals surface area contributed by atoms with Gasteiger partial charge < -0.3 is 23.5 Å². The molecule has 0 aliphatic heterocycles. The molecule has 0 radical (unpaired) electrons. The third-order valence-electron chi connectivity index (χ3n) is 6.73. The number of carbonyl (C=O) groups is 1. The topological polar surface area (TPSA) is 139 Å². The highest BCUT2D eigenvalue weighted by molar-refractivity contribution is 7.09. The van der Waals surface area contributed by atoms with Crippen LogP contribution in [0.1, 0.15) is 46.0 Å². The fourth-order valence-corrected chi connectivity index (χ4v) is 5.10. The number of aryl methyl sites for hydroxylation is 2. The SMILES string of the molecule is CCc1nc(C=Cc2cn(-c3ccccc3)nc2OCc2cc(OCc3nc(-c4ccc(CC(=O)O)cc4)oc3C)no2)cs1. The number of hydrogen-bond donors (Lipinski definition) is 1. The van der Waals surface area contributed by atoms with Crippen LogP contribution in [0.3, 0.4) is 0 Å². The van der Waals surface area contributed by atoms with Gasteiger partial charge in [-0.05, 0) is 60.5 Å². The average molecular weight is 624 g/mol. The minimum atomic E-state index is -0.884. The van der Waals surface area contributed by atoms with Crippen LogP contribution >= 0.6 is 11.3 Å². The highest BCUT2D eigenvalue weighted by Gasteiger charge is 2.16. The van der Waals surface area contributed by atoms with E-state index in [9.17, 15) is 4.79 Å². The summed E-state index contributed by atoms with van der Waals surface area (Å²) in [6, 6.07) is 18.5. The zero-order valence-corrected chi connectivity index (χ0v) is 25.4. The second kappa shape index (κ2) is 13.4. The molecule has 0 unspecified atom stereocenters. The minimum absolute atomic E-state index is 0.0447. The van der Waals surface area contributed by atoms with Gasteiger partial charge in [0.15, 0.2) is 12.4 Å². The molecule has 45 heavy (non-hydrogen) atoms. The van der Waals surface area contributed by atoms with Gasteiger partial charge in [0.1, 0.15) is 18.1 Å². The second-order valence-electron chi connectivity index (χ2n) is 10.0. The number of nitrogens with zero attached hydrogens (tertiary/aromatic N) is 5. The van der Waals surface area contributed by atoms with E-state index >= 15 is 0 Å². The molecule has 12 heteroatoms. The van der Waals surface area contributed by atoms with Crippen molar-refractivity contribution in [2.45, 2.75) is 39.9 Å². The van der Waals surface area contributed by atoms with Gasteiger partial charge in [-0.1, -0.05) is 37.3 Å². The highest BCUT2D eigenvalue weighted by atomic mass is 32.1. The Balaban J connectivity index is 1.10. The fraction of sp³-hybridized carbons (Fsp3) is 0.182. The van der Waals surface area contributed by atoms with E-state index < -0.39 is 5.97 Å². The normalized spacial score (nSPS) is 11.3. The Labute approximate surface area is 262 Å². The first kappa shape index (κ1) is 29.6. The molecule has 4 aromatic heterocycles. The number of aromatic nitrogens is 5. The number of thiazole rings is 1. The molecule has 1 N–H and O–H groups in total. The Morgan fingerprint density at radius 1 is 1.04 bits per heavy atom. The van der Waals surface area contributed by atoms with Crippen molar-refractivity contribution in [3.63, 3.8) is 0 Å². The van der Waals surface area contributed by atoms with Gasteiger partial charge in [-0.2, -0.15) is 0 Å². The maximum Gasteiger partial charge on any atom is 0.307 e. The lowest BCUT2D eigenvalue weighted by Crippen LogP contribution is -1.99. The van der Waals surface area contributed by atoms with Crippen molar-refractivity contribution in [2.75, 3.05) is 0 Å². The molecular weight excluding hydrogens is 594 g/mol. The van der Waals surface area contributed by atoms with Gasteiger partial charge in [-0.3, -0.25) is 4.79 Å². The summed E-state index contributed by atoms with van der Waals surface area (Å²) in [5.74, 6) is 1.31. The number of aliphatic carboxylic acids is 1. The highest BCUT2D eigenvalue weighted by Crippen LogP contribution is 2.26. The molecule has 6 rings (SSSR count). The van der Waals surface area contributed by atoms with Gasteiger partial charge in [0.25, 0.3) is 5.88 Å². The molecule has 0 spiro atoms. The maximum absolute atomic E-state index is 10.9. The molecule has 11 nitrogen and oxygen atoms in total. The summed E-state index contributed by atoms with van der Waals surface area (Å²) in [6.45, 7) is 4.09. The van der Waals surface area contributed by atoms with Crippen molar-refractivity contribution >= 4 is 29.5 Å². The van der Waals surface area contributed by atoms with E-state index in [2.05, 4.69) is 27.1 Å². The summed E-state index contributed by atoms with van der Waals surface area (Å²) >= 11 is 1.63. The van der Waals surface area contributed by atoms with Gasteiger partial charge >= 0.3 is 5.97 Å². The van der Waals surface area contributed by atoms with Crippen LogP contribution in [0, 0.1) is 6.92 Å². The summed E-state index contributed by atoms with van der Waals surface area (Å²) in [6.07, 6.45) is 6.64. The summed E-state index contributed by atoms with van der Waals surface area (Å²) in [7, 11) is 0. The van der Waals surface area contributed by atoms with Crippen molar-refractivity contribution in [1.29, 1.82) is 0 Å². The van der Waals surface area contributed by atoms with E-state index in [0.717, 1.165) is 33.9 Å². The first-order valence-electron chi connectivity index (χ1n) is 14.2. The van der Waals surface area contributed by atoms with E-state index in [1.165, 1.54) is 0 Å². The van der Waals surface area contributed by atoms with Crippen LogP contribution in [0.5, 0.6) is 11.8 Å². The van der Waals surface area contributed by atoms with Crippen molar-refractivity contribution in [2.24, 2.45) is 0 Å². The largest absolute Gasteiger partial charge is 0.481 e. The number of oxazole rings is 1. The molecule has 0 aliphatic rings. The predicted octanol–water partition coefficient (Wildman–Crippen LogP) is 6.80. The number of hydrogen-bond acceptors (Lipinski definition) is 10. The Kier molecular flexibility index (Phi) is 8.83. The summed E-state index contributed by atoms with van der Waals surface area (Å²) in [5, 5.41) is 20.7. The van der Waals surface area contributed by atoms with Gasteiger partial charge in [0.2, 0.25) is 11.8 Å². The molecule has 0 fully saturated rings. The van der Waals surface area contributed by atoms with Gasteiger partial charge in [0.05, 0.1) is 28.4 Å². The van der Waals surface area contributed by atoms with Crippen LogP contribution < -0.4 is 9.47 Å². The lowest BCUT2D eigenvalue weighted by molar-refractivity contribution is -0.136. The number of carboxylic acids is 1. The Morgan fingerprint density at radius 3 is 2.62 bits per heavy atom. The van der Waals surface area contributed by atoms with Crippen LogP contribution in [0.25, 0.3) is 29.3 Å². The number of carboxylic acid groups (broad SMARTS) is 1. The van der Waals surface area contributed by atoms with Crippen LogP contribution in [-0.2, 0) is 30.8 Å². The quantitative estimate of drug-likeness (QED) is 0.146. The molecule has 0 saturated heterocycles. The van der Waals surface area contributed by atoms with E-state index in [4.69, 9.17) is 23.5 Å². The second-order valence-corrected chi connectivity index (χ2v) is 11.0. The third kappa shape index (κ3) is 7.36. The molecule has 0 saturated carbocycles. The molecule has 0 amide bonds. The molecule has 4 heterocycles. The first-order valence-corrected chi connectivity index (χ1v) is 15.1. The number of rotatable bonds is 13. The number of benzene rings is 2. The van der Waals surface area contributed by atoms with Gasteiger partial charge in [-0.25, -0.2) is 14.6 Å². The van der Waals surface area contributed by atoms with E-state index in [-0.39, 0.29) is 25.5 Å². The van der Waals surface area contributed by atoms with Gasteiger partial charge in [-0.15, -0.1) is 16.4 Å². The van der Waals surface area contributed by atoms with Crippen LogP contribution in [0.15, 0.2) is 81.2 Å². The smallest absolute Gasteiger partial charge is 0.307 e. The van der Waals surface area contributed by atoms with E-state index in [0.29, 0.717) is 34.5 Å². The Hall–Kier alpha value is -5.49. The predicted molar refractivity (Wildman–Crippen MR) is 167 cm³/mol. The Bertz CT molecular complexity index is 1920. The molecule has 2 aromatic carbocycles. The van der Waals surface area contributed by atoms with E-state index in [1.807, 2.05) is 54.1 Å². The standard InChI is InChI=1S/C33H29N5O6S/c1-3-30-34-25(20-45-30)14-13-24-17-38(26-7-5-4-6-8-26)36-33(24)42-18-27-16-29(37-44-27)41-19-28-21(2)43-32(35-28)23-11-9-22(10-12-23)15-31(39)40/h4-14,16-17,20H,3,15,18-19H2,1-2H3,(H,39,40). The minimum Gasteiger partial charge on any atom is -0.481 e. The number of para-hydroxylation sites is 1. The lowest BCUT2D eigenvalue weighted by Gasteiger charge is -2.01. The monoisotopic (exact) mass is 623 g/mol. The van der Waals surface area contributed by atoms with Gasteiger partial charge in [0, 0.05) is 23.2 Å². The van der Waals surface area contributed by atoms with Crippen molar-refractivity contribution < 1.29 is 28.3 Å². The van der Waals surface area contributed by atoms with Crippen molar-refractivity contribution in [3.8, 4) is 28.9 Å². The molecule has 228 valence electrons. The zero-order valence-electron chi connectivity index (χ0n) is 24.5. The fourth-order valence-electron chi connectivity index (χ4n) is 4.39. The summed E-state index contributed by atoms with van der Waals surface area (Å²) in [4.78, 5) is 20.1. The average Bonchev–Trinajstić information content (AvgIpc) is 3.85. The molecular formula is C33H29N5O6S. The summed E-state index contributed by atoms with van der Waals surface area (Å²) < 4.78 is 24.9. The third-order valence-corrected chi connectivity index (χ3v) is 7.74. The Morgan fingerprint density at radius 2 is 1.87 bits per heavy atom. The molecule has 0 aliphatic carbocycles. The zero-order chi connectivity index (χ0) is 31.2. The molecule has 0 bridgehead atoms. The first-order chi connectivity index (χ1) is 21.9. The van der Waals surface area contributed by atoms with Crippen molar-refractivity contribution in [3.05, 3.63) is 111 Å². The van der Waals surface area contributed by atoms with Crippen LogP contribution in [-0.4, -0.2) is 36.0 Å². The molecule has 0 atom stereocenters. The molecule has 6 aromatic rings. The van der Waals surface area contributed by atoms with E-state index in [1.54, 1.807) is 53.3 Å².